The molecule has 27 heavy (non-hydrogen) atoms. The zero-order valence-corrected chi connectivity index (χ0v) is 16.4. The van der Waals surface area contributed by atoms with Gasteiger partial charge in [0.15, 0.2) is 0 Å². The quantitative estimate of drug-likeness (QED) is 0.895. The second-order valence-corrected chi connectivity index (χ2v) is 7.86. The highest BCUT2D eigenvalue weighted by Crippen LogP contribution is 2.31. The summed E-state index contributed by atoms with van der Waals surface area (Å²) in [6.45, 7) is 7.70. The number of likely N-dealkylation sites (tertiary alicyclic amines) is 1. The van der Waals surface area contributed by atoms with Crippen molar-refractivity contribution in [2.45, 2.75) is 40.2 Å². The summed E-state index contributed by atoms with van der Waals surface area (Å²) >= 11 is 0. The van der Waals surface area contributed by atoms with Gasteiger partial charge < -0.3 is 10.2 Å². The summed E-state index contributed by atoms with van der Waals surface area (Å²) in [6, 6.07) is 15.7. The number of aryl methyl sites for hydroxylation is 2. The van der Waals surface area contributed by atoms with Gasteiger partial charge in [0.25, 0.3) is 5.91 Å². The van der Waals surface area contributed by atoms with Crippen LogP contribution in [0.25, 0.3) is 0 Å². The van der Waals surface area contributed by atoms with Gasteiger partial charge in [-0.2, -0.15) is 0 Å². The summed E-state index contributed by atoms with van der Waals surface area (Å²) in [6.07, 6.45) is 1.64. The summed E-state index contributed by atoms with van der Waals surface area (Å²) in [5.41, 5.74) is 3.51. The van der Waals surface area contributed by atoms with Crippen molar-refractivity contribution in [3.05, 3.63) is 70.8 Å². The third-order valence-corrected chi connectivity index (χ3v) is 5.58. The molecule has 1 fully saturated rings. The zero-order chi connectivity index (χ0) is 19.4. The molecule has 1 saturated heterocycles. The van der Waals surface area contributed by atoms with Gasteiger partial charge in [0, 0.05) is 25.2 Å². The average molecular weight is 364 g/mol. The Morgan fingerprint density at radius 1 is 1.07 bits per heavy atom. The fraction of sp³-hybridized carbons (Fsp3) is 0.391. The SMILES string of the molecule is Cc1ccc(C(=O)N2CCC[C@@](C)(C(=O)NCc3ccccc3)C2)cc1C. The van der Waals surface area contributed by atoms with Crippen LogP contribution in [-0.2, 0) is 11.3 Å². The number of carbonyl (C=O) groups excluding carboxylic acids is 2. The van der Waals surface area contributed by atoms with Crippen LogP contribution in [0.2, 0.25) is 0 Å². The molecular formula is C23H28N2O2. The van der Waals surface area contributed by atoms with E-state index in [1.807, 2.05) is 74.2 Å². The van der Waals surface area contributed by atoms with Crippen molar-refractivity contribution in [3.63, 3.8) is 0 Å². The molecule has 2 aromatic carbocycles. The van der Waals surface area contributed by atoms with E-state index in [-0.39, 0.29) is 11.8 Å². The minimum Gasteiger partial charge on any atom is -0.351 e. The Hall–Kier alpha value is -2.62. The van der Waals surface area contributed by atoms with Gasteiger partial charge in [-0.05, 0) is 62.4 Å². The molecule has 1 aliphatic heterocycles. The highest BCUT2D eigenvalue weighted by Gasteiger charge is 2.39. The molecule has 1 N–H and O–H groups in total. The van der Waals surface area contributed by atoms with Crippen LogP contribution < -0.4 is 5.32 Å². The topological polar surface area (TPSA) is 49.4 Å². The molecular weight excluding hydrogens is 336 g/mol. The number of hydrogen-bond donors (Lipinski definition) is 1. The Morgan fingerprint density at radius 2 is 1.81 bits per heavy atom. The molecule has 1 aliphatic rings. The fourth-order valence-corrected chi connectivity index (χ4v) is 3.65. The van der Waals surface area contributed by atoms with Crippen LogP contribution in [0, 0.1) is 19.3 Å². The highest BCUT2D eigenvalue weighted by atomic mass is 16.2. The van der Waals surface area contributed by atoms with Gasteiger partial charge >= 0.3 is 0 Å². The Kier molecular flexibility index (Phi) is 5.64. The first-order valence-corrected chi connectivity index (χ1v) is 9.58. The van der Waals surface area contributed by atoms with E-state index in [9.17, 15) is 9.59 Å². The maximum atomic E-state index is 12.9. The van der Waals surface area contributed by atoms with Gasteiger partial charge in [0.1, 0.15) is 0 Å². The minimum atomic E-state index is -0.553. The number of rotatable bonds is 4. The Balaban J connectivity index is 1.67. The van der Waals surface area contributed by atoms with E-state index in [0.29, 0.717) is 25.2 Å². The molecule has 4 nitrogen and oxygen atoms in total. The lowest BCUT2D eigenvalue weighted by atomic mass is 9.80. The summed E-state index contributed by atoms with van der Waals surface area (Å²) in [5, 5.41) is 3.05. The Morgan fingerprint density at radius 3 is 2.52 bits per heavy atom. The summed E-state index contributed by atoms with van der Waals surface area (Å²) in [5.74, 6) is 0.0313. The minimum absolute atomic E-state index is 0.0138. The van der Waals surface area contributed by atoms with Crippen LogP contribution in [0.5, 0.6) is 0 Å². The predicted octanol–water partition coefficient (Wildman–Crippen LogP) is 3.86. The lowest BCUT2D eigenvalue weighted by molar-refractivity contribution is -0.132. The van der Waals surface area contributed by atoms with E-state index in [2.05, 4.69) is 5.32 Å². The van der Waals surface area contributed by atoms with Crippen molar-refractivity contribution in [3.8, 4) is 0 Å². The molecule has 0 radical (unpaired) electrons. The fourth-order valence-electron chi connectivity index (χ4n) is 3.65. The van der Waals surface area contributed by atoms with Crippen LogP contribution in [0.15, 0.2) is 48.5 Å². The van der Waals surface area contributed by atoms with Crippen molar-refractivity contribution in [2.24, 2.45) is 5.41 Å². The lowest BCUT2D eigenvalue weighted by Gasteiger charge is -2.39. The highest BCUT2D eigenvalue weighted by molar-refractivity contribution is 5.95. The largest absolute Gasteiger partial charge is 0.351 e. The third-order valence-electron chi connectivity index (χ3n) is 5.58. The lowest BCUT2D eigenvalue weighted by Crippen LogP contribution is -2.51. The zero-order valence-electron chi connectivity index (χ0n) is 16.4. The van der Waals surface area contributed by atoms with Crippen molar-refractivity contribution in [2.75, 3.05) is 13.1 Å². The maximum absolute atomic E-state index is 12.9. The van der Waals surface area contributed by atoms with Crippen LogP contribution in [-0.4, -0.2) is 29.8 Å². The smallest absolute Gasteiger partial charge is 0.253 e. The third kappa shape index (κ3) is 4.38. The Labute approximate surface area is 161 Å². The molecule has 2 aromatic rings. The van der Waals surface area contributed by atoms with Gasteiger partial charge in [-0.3, -0.25) is 9.59 Å². The first-order valence-electron chi connectivity index (χ1n) is 9.58. The second-order valence-electron chi connectivity index (χ2n) is 7.86. The molecule has 3 rings (SSSR count). The number of benzene rings is 2. The van der Waals surface area contributed by atoms with E-state index in [1.165, 1.54) is 5.56 Å². The number of carbonyl (C=O) groups is 2. The van der Waals surface area contributed by atoms with Crippen molar-refractivity contribution in [1.29, 1.82) is 0 Å². The molecule has 4 heteroatoms. The first-order chi connectivity index (χ1) is 12.9. The monoisotopic (exact) mass is 364 g/mol. The second kappa shape index (κ2) is 7.95. The van der Waals surface area contributed by atoms with Crippen LogP contribution >= 0.6 is 0 Å². The van der Waals surface area contributed by atoms with E-state index >= 15 is 0 Å². The molecule has 0 saturated carbocycles. The van der Waals surface area contributed by atoms with Crippen LogP contribution in [0.4, 0.5) is 0 Å². The van der Waals surface area contributed by atoms with Crippen molar-refractivity contribution < 1.29 is 9.59 Å². The average Bonchev–Trinajstić information content (AvgIpc) is 2.68. The van der Waals surface area contributed by atoms with Crippen LogP contribution in [0.1, 0.15) is 46.8 Å². The van der Waals surface area contributed by atoms with Crippen LogP contribution in [0.3, 0.4) is 0 Å². The van der Waals surface area contributed by atoms with Gasteiger partial charge in [0.05, 0.1) is 5.41 Å². The molecule has 1 heterocycles. The normalized spacial score (nSPS) is 19.6. The van der Waals surface area contributed by atoms with Gasteiger partial charge in [-0.1, -0.05) is 36.4 Å². The molecule has 1 atom stereocenters. The number of amides is 2. The summed E-state index contributed by atoms with van der Waals surface area (Å²) < 4.78 is 0. The van der Waals surface area contributed by atoms with Gasteiger partial charge in [0.2, 0.25) is 5.91 Å². The van der Waals surface area contributed by atoms with Crippen molar-refractivity contribution >= 4 is 11.8 Å². The molecule has 0 aliphatic carbocycles. The number of hydrogen-bond acceptors (Lipinski definition) is 2. The maximum Gasteiger partial charge on any atom is 0.253 e. The predicted molar refractivity (Wildman–Crippen MR) is 107 cm³/mol. The Bertz CT molecular complexity index is 832. The molecule has 2 amide bonds. The van der Waals surface area contributed by atoms with Crippen molar-refractivity contribution in [1.82, 2.24) is 10.2 Å². The van der Waals surface area contributed by atoms with E-state index < -0.39 is 5.41 Å². The summed E-state index contributed by atoms with van der Waals surface area (Å²) in [7, 11) is 0. The standard InChI is InChI=1S/C23H28N2O2/c1-17-10-11-20(14-18(17)2)21(26)25-13-7-12-23(3,16-25)22(27)24-15-19-8-5-4-6-9-19/h4-6,8-11,14H,7,12-13,15-16H2,1-3H3,(H,24,27)/t23-/m1/s1. The molecule has 0 unspecified atom stereocenters. The first kappa shape index (κ1) is 19.2. The van der Waals surface area contributed by atoms with E-state index in [1.54, 1.807) is 0 Å². The van der Waals surface area contributed by atoms with Gasteiger partial charge in [-0.15, -0.1) is 0 Å². The van der Waals surface area contributed by atoms with E-state index in [4.69, 9.17) is 0 Å². The summed E-state index contributed by atoms with van der Waals surface area (Å²) in [4.78, 5) is 27.6. The molecule has 0 spiro atoms. The number of piperidine rings is 1. The van der Waals surface area contributed by atoms with E-state index in [0.717, 1.165) is 24.0 Å². The molecule has 142 valence electrons. The molecule has 0 bridgehead atoms. The number of nitrogens with zero attached hydrogens (tertiary/aromatic N) is 1. The number of nitrogens with one attached hydrogen (secondary N) is 1. The molecule has 0 aromatic heterocycles. The van der Waals surface area contributed by atoms with Gasteiger partial charge in [-0.25, -0.2) is 0 Å².